The summed E-state index contributed by atoms with van der Waals surface area (Å²) in [6.45, 7) is 3.69. The second-order valence-electron chi connectivity index (χ2n) is 10.3. The average molecular weight is 441 g/mol. The van der Waals surface area contributed by atoms with Crippen molar-refractivity contribution in [1.29, 1.82) is 0 Å². The van der Waals surface area contributed by atoms with Crippen LogP contribution in [0.5, 0.6) is 5.75 Å². The summed E-state index contributed by atoms with van der Waals surface area (Å²) in [6.07, 6.45) is 12.7. The number of rotatable bonds is 8. The van der Waals surface area contributed by atoms with Crippen LogP contribution in [0.1, 0.15) is 77.0 Å². The molecule has 3 aliphatic rings. The van der Waals surface area contributed by atoms with Crippen molar-refractivity contribution in [2.75, 3.05) is 32.8 Å². The van der Waals surface area contributed by atoms with E-state index in [-0.39, 0.29) is 17.2 Å². The molecule has 32 heavy (non-hydrogen) atoms. The van der Waals surface area contributed by atoms with E-state index >= 15 is 0 Å². The highest BCUT2D eigenvalue weighted by molar-refractivity contribution is 5.78. The molecule has 4 rings (SSSR count). The van der Waals surface area contributed by atoms with Gasteiger partial charge in [-0.05, 0) is 56.6 Å². The van der Waals surface area contributed by atoms with Gasteiger partial charge in [0.2, 0.25) is 11.8 Å². The summed E-state index contributed by atoms with van der Waals surface area (Å²) in [6, 6.07) is 9.86. The molecule has 1 atom stereocenters. The van der Waals surface area contributed by atoms with Crippen LogP contribution in [-0.4, -0.2) is 54.4 Å². The molecule has 0 bridgehead atoms. The molecule has 0 unspecified atom stereocenters. The maximum atomic E-state index is 13.2. The Morgan fingerprint density at radius 1 is 0.875 bits per heavy atom. The van der Waals surface area contributed by atoms with Crippen LogP contribution < -0.4 is 4.74 Å². The quantitative estimate of drug-likeness (QED) is 0.569. The number of likely N-dealkylation sites (tertiary alicyclic amines) is 2. The summed E-state index contributed by atoms with van der Waals surface area (Å²) in [5.41, 5.74) is -0.300. The van der Waals surface area contributed by atoms with Crippen molar-refractivity contribution < 1.29 is 14.3 Å². The molecule has 0 N–H and O–H groups in total. The predicted molar refractivity (Wildman–Crippen MR) is 126 cm³/mol. The van der Waals surface area contributed by atoms with E-state index in [1.807, 2.05) is 40.1 Å². The van der Waals surface area contributed by atoms with Gasteiger partial charge < -0.3 is 14.5 Å². The molecule has 1 aromatic rings. The molecule has 2 amide bonds. The number of benzene rings is 1. The maximum absolute atomic E-state index is 13.2. The maximum Gasteiger partial charge on any atom is 0.223 e. The lowest BCUT2D eigenvalue weighted by molar-refractivity contribution is -0.142. The van der Waals surface area contributed by atoms with Crippen molar-refractivity contribution >= 4 is 11.8 Å². The van der Waals surface area contributed by atoms with Crippen molar-refractivity contribution in [2.45, 2.75) is 77.0 Å². The van der Waals surface area contributed by atoms with Crippen LogP contribution in [-0.2, 0) is 9.59 Å². The molecule has 3 fully saturated rings. The third-order valence-electron chi connectivity index (χ3n) is 7.78. The van der Waals surface area contributed by atoms with Gasteiger partial charge in [0.05, 0.1) is 6.61 Å². The Hall–Kier alpha value is -2.04. The van der Waals surface area contributed by atoms with Crippen molar-refractivity contribution in [3.05, 3.63) is 30.3 Å². The molecular formula is C27H40N2O3. The Morgan fingerprint density at radius 2 is 1.59 bits per heavy atom. The van der Waals surface area contributed by atoms with Crippen LogP contribution in [0.2, 0.25) is 0 Å². The molecule has 1 aromatic carbocycles. The number of piperidine rings is 2. The first kappa shape index (κ1) is 23.1. The van der Waals surface area contributed by atoms with Gasteiger partial charge in [-0.15, -0.1) is 0 Å². The van der Waals surface area contributed by atoms with Crippen LogP contribution in [0.25, 0.3) is 0 Å². The number of ether oxygens (including phenoxy) is 1. The number of para-hydroxylation sites is 1. The van der Waals surface area contributed by atoms with Crippen LogP contribution in [0.3, 0.4) is 0 Å². The second-order valence-corrected chi connectivity index (χ2v) is 10.3. The van der Waals surface area contributed by atoms with Gasteiger partial charge in [0, 0.05) is 44.4 Å². The van der Waals surface area contributed by atoms with Gasteiger partial charge in [-0.2, -0.15) is 0 Å². The summed E-state index contributed by atoms with van der Waals surface area (Å²) < 4.78 is 6.20. The van der Waals surface area contributed by atoms with Crippen molar-refractivity contribution in [3.63, 3.8) is 0 Å². The number of hydrogen-bond acceptors (Lipinski definition) is 3. The van der Waals surface area contributed by atoms with Crippen molar-refractivity contribution in [2.24, 2.45) is 11.3 Å². The Morgan fingerprint density at radius 3 is 2.34 bits per heavy atom. The first-order valence-corrected chi connectivity index (χ1v) is 12.9. The molecule has 176 valence electrons. The summed E-state index contributed by atoms with van der Waals surface area (Å²) >= 11 is 0. The van der Waals surface area contributed by atoms with Crippen LogP contribution >= 0.6 is 0 Å². The first-order chi connectivity index (χ1) is 15.6. The van der Waals surface area contributed by atoms with E-state index in [0.29, 0.717) is 26.0 Å². The standard InChI is InChI=1S/C27H40N2O3/c30-25(15-14-23-10-5-6-11-23)29-19-9-16-27(21-29,22-32-24-12-3-1-4-13-24)20-26(31)28-17-7-2-8-18-28/h1,3-4,12-13,23H,2,5-11,14-22H2/t27-/m0/s1. The van der Waals surface area contributed by atoms with E-state index in [1.54, 1.807) is 0 Å². The van der Waals surface area contributed by atoms with Gasteiger partial charge in [-0.1, -0.05) is 43.9 Å². The summed E-state index contributed by atoms with van der Waals surface area (Å²) in [7, 11) is 0. The van der Waals surface area contributed by atoms with E-state index in [0.717, 1.165) is 63.4 Å². The third kappa shape index (κ3) is 6.26. The van der Waals surface area contributed by atoms with Gasteiger partial charge >= 0.3 is 0 Å². The number of carbonyl (C=O) groups excluding carboxylic acids is 2. The lowest BCUT2D eigenvalue weighted by atomic mass is 9.77. The van der Waals surface area contributed by atoms with E-state index in [9.17, 15) is 9.59 Å². The Balaban J connectivity index is 1.41. The zero-order valence-electron chi connectivity index (χ0n) is 19.6. The third-order valence-corrected chi connectivity index (χ3v) is 7.78. The van der Waals surface area contributed by atoms with E-state index in [2.05, 4.69) is 0 Å². The summed E-state index contributed by atoms with van der Waals surface area (Å²) in [5.74, 6) is 2.07. The number of hydrogen-bond donors (Lipinski definition) is 0. The largest absolute Gasteiger partial charge is 0.493 e. The summed E-state index contributed by atoms with van der Waals surface area (Å²) in [5, 5.41) is 0. The molecular weight excluding hydrogens is 400 g/mol. The monoisotopic (exact) mass is 440 g/mol. The Labute approximate surface area is 193 Å². The lowest BCUT2D eigenvalue weighted by Gasteiger charge is -2.43. The minimum Gasteiger partial charge on any atom is -0.493 e. The van der Waals surface area contributed by atoms with E-state index < -0.39 is 0 Å². The van der Waals surface area contributed by atoms with Gasteiger partial charge in [0.15, 0.2) is 0 Å². The number of amides is 2. The normalized spacial score (nSPS) is 24.5. The van der Waals surface area contributed by atoms with Gasteiger partial charge in [-0.3, -0.25) is 9.59 Å². The molecule has 5 nitrogen and oxygen atoms in total. The fourth-order valence-corrected chi connectivity index (χ4v) is 5.85. The van der Waals surface area contributed by atoms with Crippen molar-refractivity contribution in [1.82, 2.24) is 9.80 Å². The highest BCUT2D eigenvalue weighted by atomic mass is 16.5. The van der Waals surface area contributed by atoms with E-state index in [1.165, 1.54) is 32.1 Å². The molecule has 0 spiro atoms. The van der Waals surface area contributed by atoms with Crippen LogP contribution in [0, 0.1) is 11.3 Å². The molecule has 2 heterocycles. The molecule has 1 aliphatic carbocycles. The lowest BCUT2D eigenvalue weighted by Crippen LogP contribution is -2.51. The molecule has 0 radical (unpaired) electrons. The Kier molecular flexibility index (Phi) is 8.10. The highest BCUT2D eigenvalue weighted by Gasteiger charge is 2.41. The molecule has 1 saturated carbocycles. The molecule has 5 heteroatoms. The highest BCUT2D eigenvalue weighted by Crippen LogP contribution is 2.36. The van der Waals surface area contributed by atoms with E-state index in [4.69, 9.17) is 4.74 Å². The van der Waals surface area contributed by atoms with Gasteiger partial charge in [0.25, 0.3) is 0 Å². The molecule has 0 aromatic heterocycles. The Bertz CT molecular complexity index is 741. The average Bonchev–Trinajstić information content (AvgIpc) is 3.36. The zero-order chi connectivity index (χ0) is 22.2. The SMILES string of the molecule is O=C(C[C@@]1(COc2ccccc2)CCCN(C(=O)CCC2CCCC2)C1)N1CCCCC1. The number of carbonyl (C=O) groups is 2. The topological polar surface area (TPSA) is 49.9 Å². The fourth-order valence-electron chi connectivity index (χ4n) is 5.85. The van der Waals surface area contributed by atoms with Gasteiger partial charge in [0.1, 0.15) is 5.75 Å². The van der Waals surface area contributed by atoms with Crippen LogP contribution in [0.15, 0.2) is 30.3 Å². The summed E-state index contributed by atoms with van der Waals surface area (Å²) in [4.78, 5) is 30.4. The minimum absolute atomic E-state index is 0.238. The zero-order valence-corrected chi connectivity index (χ0v) is 19.6. The second kappa shape index (κ2) is 11.2. The van der Waals surface area contributed by atoms with Crippen molar-refractivity contribution in [3.8, 4) is 5.75 Å². The molecule has 2 aliphatic heterocycles. The number of nitrogens with zero attached hydrogens (tertiary/aromatic N) is 2. The predicted octanol–water partition coefficient (Wildman–Crippen LogP) is 5.05. The fraction of sp³-hybridized carbons (Fsp3) is 0.704. The smallest absolute Gasteiger partial charge is 0.223 e. The van der Waals surface area contributed by atoms with Gasteiger partial charge in [-0.25, -0.2) is 0 Å². The van der Waals surface area contributed by atoms with Crippen LogP contribution in [0.4, 0.5) is 0 Å². The minimum atomic E-state index is -0.300. The molecule has 2 saturated heterocycles. The first-order valence-electron chi connectivity index (χ1n) is 12.9.